The van der Waals surface area contributed by atoms with Crippen molar-refractivity contribution in [3.63, 3.8) is 0 Å². The Morgan fingerprint density at radius 2 is 0.769 bits per heavy atom. The van der Waals surface area contributed by atoms with Gasteiger partial charge in [-0.1, -0.05) is 0 Å². The lowest BCUT2D eigenvalue weighted by Gasteiger charge is -2.45. The lowest BCUT2D eigenvalue weighted by atomic mass is 9.85. The van der Waals surface area contributed by atoms with Gasteiger partial charge in [-0.05, 0) is 0 Å². The molecule has 2 rings (SSSR count). The molecule has 0 bridgehead atoms. The Bertz CT molecular complexity index is 515. The van der Waals surface area contributed by atoms with Crippen LogP contribution in [0.5, 0.6) is 0 Å². The predicted molar refractivity (Wildman–Crippen MR) is 78.6 cm³/mol. The quantitative estimate of drug-likeness (QED) is 0.195. The highest BCUT2D eigenvalue weighted by atomic mass is 31.2. The number of hydrogen-bond acceptors (Lipinski definition) is 12. The zero-order valence-electron chi connectivity index (χ0n) is 13.1. The molecule has 13 atom stereocenters. The van der Waals surface area contributed by atoms with E-state index in [4.69, 9.17) is 0 Å². The topological polar surface area (TPSA) is 249 Å². The van der Waals surface area contributed by atoms with E-state index in [9.17, 15) is 60.5 Å². The number of hydrogen-bond donors (Lipinski definition) is 11. The molecular weight excluding hydrogens is 383 g/mol. The molecule has 2 aliphatic rings. The van der Waals surface area contributed by atoms with Gasteiger partial charge in [0.15, 0.2) is 0 Å². The minimum absolute atomic E-state index is 1.98. The molecule has 5 unspecified atom stereocenters. The van der Waals surface area contributed by atoms with Crippen molar-refractivity contribution in [2.24, 2.45) is 0 Å². The summed E-state index contributed by atoms with van der Waals surface area (Å²) in [5, 5.41) is 96.8. The second kappa shape index (κ2) is 7.64. The summed E-state index contributed by atoms with van der Waals surface area (Å²) in [5.41, 5.74) is -2.25. The first-order valence-electron chi connectivity index (χ1n) is 7.64. The zero-order chi connectivity index (χ0) is 20.1. The summed E-state index contributed by atoms with van der Waals surface area (Å²) < 4.78 is 17.2. The van der Waals surface area contributed by atoms with E-state index < -0.39 is 80.4 Å². The van der Waals surface area contributed by atoms with Gasteiger partial charge in [0.2, 0.25) is 0 Å². The molecule has 0 radical (unpaired) electrons. The summed E-state index contributed by atoms with van der Waals surface area (Å²) in [4.78, 5) is 10.1. The highest BCUT2D eigenvalue weighted by molar-refractivity contribution is 7.53. The van der Waals surface area contributed by atoms with Crippen LogP contribution in [-0.4, -0.2) is 129 Å². The van der Waals surface area contributed by atoms with Gasteiger partial charge in [-0.2, -0.15) is 0 Å². The Morgan fingerprint density at radius 3 is 1.12 bits per heavy atom. The third kappa shape index (κ3) is 3.56. The van der Waals surface area contributed by atoms with E-state index in [-0.39, 0.29) is 0 Å². The van der Waals surface area contributed by atoms with Gasteiger partial charge >= 0.3 is 7.60 Å². The Labute approximate surface area is 146 Å². The van der Waals surface area contributed by atoms with Crippen molar-refractivity contribution in [3.8, 4) is 0 Å². The number of aliphatic hydroxyl groups excluding tert-OH is 10. The maximum Gasteiger partial charge on any atom is 0.337 e. The Balaban J connectivity index is 2.28. The maximum absolute atomic E-state index is 12.5. The van der Waals surface area contributed by atoms with Crippen molar-refractivity contribution in [2.75, 3.05) is 0 Å². The van der Waals surface area contributed by atoms with E-state index in [0.29, 0.717) is 0 Å². The van der Waals surface area contributed by atoms with E-state index in [2.05, 4.69) is 4.52 Å². The van der Waals surface area contributed by atoms with Crippen molar-refractivity contribution in [1.29, 1.82) is 0 Å². The highest BCUT2D eigenvalue weighted by Crippen LogP contribution is 2.55. The molecule has 0 amide bonds. The van der Waals surface area contributed by atoms with Crippen molar-refractivity contribution in [3.05, 3.63) is 0 Å². The Morgan fingerprint density at radius 1 is 0.500 bits per heavy atom. The molecule has 11 N–H and O–H groups in total. The van der Waals surface area contributed by atoms with Gasteiger partial charge in [-0.3, -0.25) is 9.09 Å². The van der Waals surface area contributed by atoms with Crippen LogP contribution in [0.25, 0.3) is 0 Å². The summed E-state index contributed by atoms with van der Waals surface area (Å²) in [6.07, 6.45) is -23.2. The van der Waals surface area contributed by atoms with Crippen LogP contribution in [0.3, 0.4) is 0 Å². The Hall–Kier alpha value is -0.250. The fraction of sp³-hybridized carbons (Fsp3) is 1.00. The first-order valence-corrected chi connectivity index (χ1v) is 9.29. The molecule has 154 valence electrons. The maximum atomic E-state index is 12.5. The van der Waals surface area contributed by atoms with Crippen LogP contribution in [0.2, 0.25) is 0 Å². The molecule has 0 aromatic heterocycles. The molecule has 2 fully saturated rings. The summed E-state index contributed by atoms with van der Waals surface area (Å²) in [7, 11) is -5.25. The fourth-order valence-corrected chi connectivity index (χ4v) is 5.03. The van der Waals surface area contributed by atoms with Gasteiger partial charge in [-0.15, -0.1) is 0 Å². The minimum Gasteiger partial charge on any atom is -0.389 e. The number of aliphatic hydroxyl groups is 10. The molecule has 0 heterocycles. The van der Waals surface area contributed by atoms with Crippen LogP contribution in [0.4, 0.5) is 0 Å². The molecule has 0 aliphatic heterocycles. The van der Waals surface area contributed by atoms with Crippen molar-refractivity contribution in [2.45, 2.75) is 72.8 Å². The fourth-order valence-electron chi connectivity index (χ4n) is 3.16. The highest BCUT2D eigenvalue weighted by Gasteiger charge is 2.58. The van der Waals surface area contributed by atoms with Crippen LogP contribution in [0.15, 0.2) is 0 Å². The summed E-state index contributed by atoms with van der Waals surface area (Å²) in [6, 6.07) is 0. The lowest BCUT2D eigenvalue weighted by molar-refractivity contribution is -0.219. The zero-order valence-corrected chi connectivity index (χ0v) is 14.0. The van der Waals surface area contributed by atoms with Gasteiger partial charge in [0.1, 0.15) is 60.6 Å². The van der Waals surface area contributed by atoms with Crippen LogP contribution in [0.1, 0.15) is 0 Å². The van der Waals surface area contributed by atoms with Crippen LogP contribution < -0.4 is 0 Å². The van der Waals surface area contributed by atoms with Gasteiger partial charge in [0, 0.05) is 0 Å². The molecule has 0 aromatic carbocycles. The monoisotopic (exact) mass is 406 g/mol. The Kier molecular flexibility index (Phi) is 6.48. The van der Waals surface area contributed by atoms with E-state index in [1.807, 2.05) is 0 Å². The third-order valence-electron chi connectivity index (χ3n) is 4.82. The first-order chi connectivity index (χ1) is 11.8. The van der Waals surface area contributed by atoms with E-state index >= 15 is 0 Å². The van der Waals surface area contributed by atoms with Crippen LogP contribution in [0, 0.1) is 0 Å². The van der Waals surface area contributed by atoms with Gasteiger partial charge in [-0.25, -0.2) is 0 Å². The third-order valence-corrected chi connectivity index (χ3v) is 6.73. The first kappa shape index (κ1) is 22.0. The standard InChI is InChI=1S/C12H23O13P/c13-1-3(15)7(19)11(8(20)4(1)16)25-26(23,24)12-9(21)5(17)2(14)6(18)10(12)22/h1-22H,(H,23,24)/t1?,2?,3-,4+,5-,6+,7-,8-,9-,10-,11?,12?/m0/s1. The van der Waals surface area contributed by atoms with Crippen molar-refractivity contribution < 1.29 is 65.0 Å². The predicted octanol–water partition coefficient (Wildman–Crippen LogP) is -6.44. The molecule has 0 spiro atoms. The van der Waals surface area contributed by atoms with Crippen molar-refractivity contribution >= 4 is 7.60 Å². The van der Waals surface area contributed by atoms with Gasteiger partial charge < -0.3 is 56.0 Å². The largest absolute Gasteiger partial charge is 0.389 e. The molecule has 0 aromatic rings. The average Bonchev–Trinajstić information content (AvgIpc) is 2.58. The summed E-state index contributed by atoms with van der Waals surface area (Å²) in [5.74, 6) is 0. The van der Waals surface area contributed by atoms with Gasteiger partial charge in [0.05, 0.1) is 12.2 Å². The second-order valence-corrected chi connectivity index (χ2v) is 8.47. The van der Waals surface area contributed by atoms with Crippen LogP contribution in [-0.2, 0) is 9.09 Å². The number of rotatable bonds is 3. The lowest BCUT2D eigenvalue weighted by Crippen LogP contribution is -2.65. The summed E-state index contributed by atoms with van der Waals surface area (Å²) >= 11 is 0. The van der Waals surface area contributed by atoms with Crippen LogP contribution >= 0.6 is 7.60 Å². The molecular formula is C12H23O13P. The normalized spacial score (nSPS) is 55.3. The SMILES string of the molecule is O=P(O)(OC1[C@@H](O)[C@H](O)C(O)[C@H](O)[C@@H]1O)C1[C@@H](O)[C@H](O)C(O)[C@H](O)[C@@H]1O. The van der Waals surface area contributed by atoms with E-state index in [0.717, 1.165) is 0 Å². The van der Waals surface area contributed by atoms with Gasteiger partial charge in [0.25, 0.3) is 0 Å². The van der Waals surface area contributed by atoms with Crippen molar-refractivity contribution in [1.82, 2.24) is 0 Å². The second-order valence-electron chi connectivity index (χ2n) is 6.53. The smallest absolute Gasteiger partial charge is 0.337 e. The average molecular weight is 406 g/mol. The van der Waals surface area contributed by atoms with E-state index in [1.54, 1.807) is 0 Å². The molecule has 0 saturated heterocycles. The molecule has 2 saturated carbocycles. The van der Waals surface area contributed by atoms with E-state index in [1.165, 1.54) is 0 Å². The molecule has 26 heavy (non-hydrogen) atoms. The molecule has 2 aliphatic carbocycles. The molecule has 14 heteroatoms. The molecule has 13 nitrogen and oxygen atoms in total. The summed E-state index contributed by atoms with van der Waals surface area (Å²) in [6.45, 7) is 0. The minimum atomic E-state index is -5.25.